The summed E-state index contributed by atoms with van der Waals surface area (Å²) in [5.41, 5.74) is 0.354. The number of carbonyl (C=O) groups excluding carboxylic acids is 1. The molecule has 0 atom stereocenters. The summed E-state index contributed by atoms with van der Waals surface area (Å²) >= 11 is 2.51. The van der Waals surface area contributed by atoms with Crippen LogP contribution in [0.1, 0.15) is 31.7 Å². The Hall–Kier alpha value is -2.53. The minimum absolute atomic E-state index is 0.0677. The van der Waals surface area contributed by atoms with Crippen molar-refractivity contribution in [1.82, 2.24) is 19.7 Å². The summed E-state index contributed by atoms with van der Waals surface area (Å²) < 4.78 is 29.5. The van der Waals surface area contributed by atoms with Gasteiger partial charge in [-0.25, -0.2) is 13.8 Å². The molecule has 0 bridgehead atoms. The van der Waals surface area contributed by atoms with Crippen LogP contribution in [-0.2, 0) is 4.79 Å². The van der Waals surface area contributed by atoms with Gasteiger partial charge in [-0.15, -0.1) is 21.5 Å². The first-order valence-corrected chi connectivity index (χ1v) is 12.0. The van der Waals surface area contributed by atoms with E-state index in [0.29, 0.717) is 11.2 Å². The van der Waals surface area contributed by atoms with Crippen LogP contribution in [-0.4, -0.2) is 44.5 Å². The lowest BCUT2D eigenvalue weighted by molar-refractivity contribution is -0.113. The lowest BCUT2D eigenvalue weighted by Crippen LogP contribution is -2.22. The topological polar surface area (TPSA) is 75.9 Å². The van der Waals surface area contributed by atoms with E-state index in [2.05, 4.69) is 30.0 Å². The van der Waals surface area contributed by atoms with Crippen molar-refractivity contribution in [3.63, 3.8) is 0 Å². The molecule has 0 spiro atoms. The first-order valence-electron chi connectivity index (χ1n) is 10.1. The zero-order chi connectivity index (χ0) is 21.4. The standard InChI is InChI=1S/C20H20F2N6OS2/c21-12-3-6-15(22)14(9-12)16-10-30-18(23-16)24-17(29)11-31-20-26-25-19(27-7-1-2-8-27)28(20)13-4-5-13/h3,6,9-10,13H,1-2,4-5,7-8,11H2,(H,23,24,29). The molecule has 0 unspecified atom stereocenters. The highest BCUT2D eigenvalue weighted by Crippen LogP contribution is 2.41. The SMILES string of the molecule is O=C(CSc1nnc(N2CCCC2)n1C1CC1)Nc1nc(-c2cc(F)ccc2F)cs1. The minimum atomic E-state index is -0.562. The van der Waals surface area contributed by atoms with Gasteiger partial charge in [-0.2, -0.15) is 0 Å². The van der Waals surface area contributed by atoms with Gasteiger partial charge in [-0.1, -0.05) is 11.8 Å². The molecule has 1 saturated heterocycles. The Balaban J connectivity index is 1.23. The summed E-state index contributed by atoms with van der Waals surface area (Å²) in [5.74, 6) is -0.273. The lowest BCUT2D eigenvalue weighted by atomic mass is 10.1. The predicted octanol–water partition coefficient (Wildman–Crippen LogP) is 4.35. The Kier molecular flexibility index (Phi) is 5.61. The second-order valence-electron chi connectivity index (χ2n) is 7.58. The van der Waals surface area contributed by atoms with Crippen molar-refractivity contribution in [2.24, 2.45) is 0 Å². The fraction of sp³-hybridized carbons (Fsp3) is 0.400. The number of aromatic nitrogens is 4. The molecule has 1 amide bonds. The second-order valence-corrected chi connectivity index (χ2v) is 9.38. The molecule has 7 nitrogen and oxygen atoms in total. The second kappa shape index (κ2) is 8.54. The summed E-state index contributed by atoms with van der Waals surface area (Å²) in [5, 5.41) is 14.1. The molecule has 2 aromatic heterocycles. The number of thioether (sulfide) groups is 1. The van der Waals surface area contributed by atoms with Crippen LogP contribution in [0.25, 0.3) is 11.3 Å². The Morgan fingerprint density at radius 3 is 2.81 bits per heavy atom. The average Bonchev–Trinajstić information content (AvgIpc) is 3.14. The van der Waals surface area contributed by atoms with Gasteiger partial charge < -0.3 is 10.2 Å². The van der Waals surface area contributed by atoms with Crippen LogP contribution in [0.15, 0.2) is 28.7 Å². The quantitative estimate of drug-likeness (QED) is 0.527. The van der Waals surface area contributed by atoms with E-state index in [-0.39, 0.29) is 22.9 Å². The van der Waals surface area contributed by atoms with Crippen LogP contribution in [0, 0.1) is 11.6 Å². The first kappa shape index (κ1) is 20.4. The molecule has 1 saturated carbocycles. The number of benzene rings is 1. The first-order chi connectivity index (χ1) is 15.1. The highest BCUT2D eigenvalue weighted by atomic mass is 32.2. The number of amides is 1. The fourth-order valence-corrected chi connectivity index (χ4v) is 5.11. The normalized spacial score (nSPS) is 16.1. The van der Waals surface area contributed by atoms with E-state index < -0.39 is 11.6 Å². The van der Waals surface area contributed by atoms with Crippen LogP contribution < -0.4 is 10.2 Å². The Bertz CT molecular complexity index is 1110. The van der Waals surface area contributed by atoms with Crippen molar-refractivity contribution in [2.75, 3.05) is 29.1 Å². The molecular formula is C20H20F2N6OS2. The van der Waals surface area contributed by atoms with Gasteiger partial charge in [0.05, 0.1) is 11.4 Å². The lowest BCUT2D eigenvalue weighted by Gasteiger charge is -2.17. The van der Waals surface area contributed by atoms with Crippen LogP contribution >= 0.6 is 23.1 Å². The van der Waals surface area contributed by atoms with Crippen LogP contribution in [0.4, 0.5) is 19.9 Å². The summed E-state index contributed by atoms with van der Waals surface area (Å²) in [6, 6.07) is 3.62. The van der Waals surface area contributed by atoms with Crippen molar-refractivity contribution in [2.45, 2.75) is 36.9 Å². The highest BCUT2D eigenvalue weighted by molar-refractivity contribution is 7.99. The van der Waals surface area contributed by atoms with Crippen molar-refractivity contribution in [3.8, 4) is 11.3 Å². The Labute approximate surface area is 185 Å². The van der Waals surface area contributed by atoms with Gasteiger partial charge in [0.25, 0.3) is 0 Å². The van der Waals surface area contributed by atoms with Gasteiger partial charge in [-0.05, 0) is 43.9 Å². The number of nitrogens with one attached hydrogen (secondary N) is 1. The average molecular weight is 463 g/mol. The van der Waals surface area contributed by atoms with Gasteiger partial charge in [-0.3, -0.25) is 9.36 Å². The van der Waals surface area contributed by atoms with Crippen molar-refractivity contribution < 1.29 is 13.6 Å². The minimum Gasteiger partial charge on any atom is -0.341 e. The van der Waals surface area contributed by atoms with E-state index in [9.17, 15) is 13.6 Å². The van der Waals surface area contributed by atoms with Crippen LogP contribution in [0.2, 0.25) is 0 Å². The monoisotopic (exact) mass is 462 g/mol. The molecule has 1 aliphatic carbocycles. The Morgan fingerprint density at radius 2 is 2.03 bits per heavy atom. The number of thiazole rings is 1. The summed E-state index contributed by atoms with van der Waals surface area (Å²) in [6.07, 6.45) is 4.55. The summed E-state index contributed by atoms with van der Waals surface area (Å²) in [6.45, 7) is 1.99. The van der Waals surface area contributed by atoms with Crippen molar-refractivity contribution >= 4 is 40.1 Å². The molecule has 2 fully saturated rings. The maximum Gasteiger partial charge on any atom is 0.236 e. The van der Waals surface area contributed by atoms with Gasteiger partial charge in [0, 0.05) is 30.1 Å². The third-order valence-electron chi connectivity index (χ3n) is 5.23. The number of carbonyl (C=O) groups is 1. The molecule has 3 heterocycles. The fourth-order valence-electron chi connectivity index (χ4n) is 3.59. The van der Waals surface area contributed by atoms with Crippen LogP contribution in [0.3, 0.4) is 0 Å². The molecule has 1 N–H and O–H groups in total. The molecule has 5 rings (SSSR count). The number of nitrogens with zero attached hydrogens (tertiary/aromatic N) is 5. The maximum atomic E-state index is 13.9. The molecule has 1 aromatic carbocycles. The van der Waals surface area contributed by atoms with E-state index in [4.69, 9.17) is 0 Å². The third-order valence-corrected chi connectivity index (χ3v) is 6.94. The molecule has 0 radical (unpaired) electrons. The number of hydrogen-bond donors (Lipinski definition) is 1. The molecule has 31 heavy (non-hydrogen) atoms. The zero-order valence-corrected chi connectivity index (χ0v) is 18.2. The van der Waals surface area contributed by atoms with Crippen LogP contribution in [0.5, 0.6) is 0 Å². The van der Waals surface area contributed by atoms with E-state index in [1.807, 2.05) is 0 Å². The van der Waals surface area contributed by atoms with Gasteiger partial charge >= 0.3 is 0 Å². The molecule has 2 aliphatic rings. The number of anilines is 2. The van der Waals surface area contributed by atoms with E-state index in [1.165, 1.54) is 23.1 Å². The zero-order valence-electron chi connectivity index (χ0n) is 16.6. The van der Waals surface area contributed by atoms with Gasteiger partial charge in [0.2, 0.25) is 11.9 Å². The maximum absolute atomic E-state index is 13.9. The smallest absolute Gasteiger partial charge is 0.236 e. The predicted molar refractivity (Wildman–Crippen MR) is 117 cm³/mol. The molecule has 1 aliphatic heterocycles. The van der Waals surface area contributed by atoms with Gasteiger partial charge in [0.1, 0.15) is 11.6 Å². The largest absolute Gasteiger partial charge is 0.341 e. The Morgan fingerprint density at radius 1 is 1.23 bits per heavy atom. The molecule has 3 aromatic rings. The molecule has 162 valence electrons. The third kappa shape index (κ3) is 4.42. The number of rotatable bonds is 7. The van der Waals surface area contributed by atoms with E-state index in [0.717, 1.165) is 68.1 Å². The molecular weight excluding hydrogens is 442 g/mol. The van der Waals surface area contributed by atoms with E-state index >= 15 is 0 Å². The summed E-state index contributed by atoms with van der Waals surface area (Å²) in [7, 11) is 0. The summed E-state index contributed by atoms with van der Waals surface area (Å²) in [4.78, 5) is 18.9. The van der Waals surface area contributed by atoms with Crippen molar-refractivity contribution in [3.05, 3.63) is 35.2 Å². The van der Waals surface area contributed by atoms with Gasteiger partial charge in [0.15, 0.2) is 10.3 Å². The van der Waals surface area contributed by atoms with E-state index in [1.54, 1.807) is 5.38 Å². The number of hydrogen-bond acceptors (Lipinski definition) is 7. The van der Waals surface area contributed by atoms with Crippen molar-refractivity contribution in [1.29, 1.82) is 0 Å². The highest BCUT2D eigenvalue weighted by Gasteiger charge is 2.32. The number of halogens is 2. The molecule has 11 heteroatoms.